The molecule has 1 rings (SSSR count). The molecule has 2 amide bonds. The molecule has 0 radical (unpaired) electrons. The Morgan fingerprint density at radius 2 is 1.95 bits per heavy atom. The van der Waals surface area contributed by atoms with Crippen molar-refractivity contribution < 1.29 is 14.3 Å². The third-order valence-corrected chi connectivity index (χ3v) is 2.45. The van der Waals surface area contributed by atoms with Crippen LogP contribution in [0.15, 0.2) is 37.1 Å². The lowest BCUT2D eigenvalue weighted by atomic mass is 10.1. The maximum absolute atomic E-state index is 11.5. The highest BCUT2D eigenvalue weighted by Gasteiger charge is 2.12. The van der Waals surface area contributed by atoms with E-state index in [1.807, 2.05) is 19.1 Å². The molecule has 0 atom stereocenters. The topological polar surface area (TPSA) is 67.4 Å². The third kappa shape index (κ3) is 5.25. The molecule has 0 bridgehead atoms. The molecule has 0 unspecified atom stereocenters. The largest absolute Gasteiger partial charge is 0.500 e. The Balaban J connectivity index is 2.40. The Labute approximate surface area is 112 Å². The van der Waals surface area contributed by atoms with Gasteiger partial charge in [-0.1, -0.05) is 25.6 Å². The van der Waals surface area contributed by atoms with Crippen LogP contribution in [0.25, 0.3) is 0 Å². The normalized spacial score (nSPS) is 9.53. The van der Waals surface area contributed by atoms with Gasteiger partial charge in [0.1, 0.15) is 6.61 Å². The second-order valence-electron chi connectivity index (χ2n) is 3.80. The number of carbonyl (C=O) groups is 2. The van der Waals surface area contributed by atoms with Crippen LogP contribution in [0.5, 0.6) is 0 Å². The van der Waals surface area contributed by atoms with Gasteiger partial charge in [-0.25, -0.2) is 0 Å². The molecule has 0 heterocycles. The minimum atomic E-state index is -0.692. The predicted octanol–water partition coefficient (Wildman–Crippen LogP) is 1.46. The summed E-state index contributed by atoms with van der Waals surface area (Å²) in [7, 11) is 0. The second-order valence-corrected chi connectivity index (χ2v) is 3.80. The number of nitrogens with one attached hydrogen (secondary N) is 2. The summed E-state index contributed by atoms with van der Waals surface area (Å²) in [4.78, 5) is 23.0. The Bertz CT molecular complexity index is 441. The van der Waals surface area contributed by atoms with Crippen LogP contribution in [-0.2, 0) is 20.7 Å². The fourth-order valence-electron chi connectivity index (χ4n) is 1.40. The van der Waals surface area contributed by atoms with Crippen molar-refractivity contribution in [3.63, 3.8) is 0 Å². The van der Waals surface area contributed by atoms with Crippen LogP contribution in [0, 0.1) is 0 Å². The number of anilines is 1. The number of benzene rings is 1. The summed E-state index contributed by atoms with van der Waals surface area (Å²) in [6.07, 6.45) is 2.21. The van der Waals surface area contributed by atoms with E-state index in [1.165, 1.54) is 11.8 Å². The van der Waals surface area contributed by atoms with Crippen molar-refractivity contribution in [3.05, 3.63) is 42.7 Å². The Kier molecular flexibility index (Phi) is 6.15. The number of ether oxygens (including phenoxy) is 1. The van der Waals surface area contributed by atoms with Gasteiger partial charge in [0.2, 0.25) is 0 Å². The van der Waals surface area contributed by atoms with Crippen LogP contribution < -0.4 is 10.6 Å². The Morgan fingerprint density at radius 1 is 1.26 bits per heavy atom. The van der Waals surface area contributed by atoms with Gasteiger partial charge in [-0.3, -0.25) is 9.59 Å². The van der Waals surface area contributed by atoms with Gasteiger partial charge < -0.3 is 15.4 Å². The highest BCUT2D eigenvalue weighted by molar-refractivity contribution is 6.39. The maximum Gasteiger partial charge on any atom is 0.313 e. The van der Waals surface area contributed by atoms with E-state index in [-0.39, 0.29) is 13.2 Å². The molecule has 1 aromatic carbocycles. The summed E-state index contributed by atoms with van der Waals surface area (Å²) < 4.78 is 4.82. The molecule has 0 aliphatic carbocycles. The molecule has 0 saturated heterocycles. The molecule has 0 saturated carbocycles. The van der Waals surface area contributed by atoms with Crippen LogP contribution in [0.1, 0.15) is 12.5 Å². The standard InChI is InChI=1S/C14H18N2O3/c1-3-11-5-7-12(8-6-11)16-14(18)13(17)15-9-10-19-4-2/h4-8H,2-3,9-10H2,1H3,(H,15,17)(H,16,18). The van der Waals surface area contributed by atoms with Gasteiger partial charge in [0.05, 0.1) is 12.8 Å². The van der Waals surface area contributed by atoms with Gasteiger partial charge in [0.15, 0.2) is 0 Å². The lowest BCUT2D eigenvalue weighted by Gasteiger charge is -2.07. The van der Waals surface area contributed by atoms with Crippen molar-refractivity contribution in [1.82, 2.24) is 5.32 Å². The van der Waals surface area contributed by atoms with E-state index in [2.05, 4.69) is 17.2 Å². The summed E-state index contributed by atoms with van der Waals surface area (Å²) in [6.45, 7) is 5.96. The monoisotopic (exact) mass is 262 g/mol. The molecule has 2 N–H and O–H groups in total. The van der Waals surface area contributed by atoms with E-state index in [1.54, 1.807) is 12.1 Å². The molecular formula is C14H18N2O3. The first-order chi connectivity index (χ1) is 9.17. The zero-order chi connectivity index (χ0) is 14.1. The molecule has 5 heteroatoms. The summed E-state index contributed by atoms with van der Waals surface area (Å²) in [5.74, 6) is -1.38. The first-order valence-electron chi connectivity index (χ1n) is 6.08. The Morgan fingerprint density at radius 3 is 2.53 bits per heavy atom. The summed E-state index contributed by atoms with van der Waals surface area (Å²) >= 11 is 0. The van der Waals surface area contributed by atoms with Crippen molar-refractivity contribution in [2.24, 2.45) is 0 Å². The van der Waals surface area contributed by atoms with E-state index in [0.29, 0.717) is 5.69 Å². The van der Waals surface area contributed by atoms with Gasteiger partial charge in [-0.15, -0.1) is 0 Å². The first-order valence-corrected chi connectivity index (χ1v) is 6.08. The molecule has 1 aromatic rings. The molecule has 19 heavy (non-hydrogen) atoms. The minimum absolute atomic E-state index is 0.257. The Hall–Kier alpha value is -2.30. The number of carbonyl (C=O) groups excluding carboxylic acids is 2. The van der Waals surface area contributed by atoms with Crippen LogP contribution in [-0.4, -0.2) is 25.0 Å². The summed E-state index contributed by atoms with van der Waals surface area (Å²) in [6, 6.07) is 7.35. The fraction of sp³-hybridized carbons (Fsp3) is 0.286. The molecule has 0 fully saturated rings. The van der Waals surface area contributed by atoms with Crippen molar-refractivity contribution in [1.29, 1.82) is 0 Å². The van der Waals surface area contributed by atoms with Gasteiger partial charge in [0, 0.05) is 5.69 Å². The number of hydrogen-bond donors (Lipinski definition) is 2. The van der Waals surface area contributed by atoms with E-state index >= 15 is 0 Å². The SMILES string of the molecule is C=COCCNC(=O)C(=O)Nc1ccc(CC)cc1. The molecule has 0 spiro atoms. The molecule has 0 aromatic heterocycles. The highest BCUT2D eigenvalue weighted by Crippen LogP contribution is 2.09. The molecular weight excluding hydrogens is 244 g/mol. The zero-order valence-corrected chi connectivity index (χ0v) is 10.9. The van der Waals surface area contributed by atoms with Gasteiger partial charge in [0.25, 0.3) is 0 Å². The van der Waals surface area contributed by atoms with Crippen LogP contribution in [0.2, 0.25) is 0 Å². The van der Waals surface area contributed by atoms with Crippen molar-refractivity contribution in [3.8, 4) is 0 Å². The van der Waals surface area contributed by atoms with Gasteiger partial charge >= 0.3 is 11.8 Å². The van der Waals surface area contributed by atoms with E-state index in [9.17, 15) is 9.59 Å². The van der Waals surface area contributed by atoms with Crippen LogP contribution in [0.4, 0.5) is 5.69 Å². The lowest BCUT2D eigenvalue weighted by Crippen LogP contribution is -2.37. The summed E-state index contributed by atoms with van der Waals surface area (Å²) in [5, 5.41) is 4.96. The number of hydrogen-bond acceptors (Lipinski definition) is 3. The lowest BCUT2D eigenvalue weighted by molar-refractivity contribution is -0.136. The zero-order valence-electron chi connectivity index (χ0n) is 10.9. The third-order valence-electron chi connectivity index (χ3n) is 2.45. The molecule has 0 aliphatic heterocycles. The van der Waals surface area contributed by atoms with Crippen LogP contribution in [0.3, 0.4) is 0 Å². The number of aryl methyl sites for hydroxylation is 1. The molecule has 5 nitrogen and oxygen atoms in total. The number of amides is 2. The maximum atomic E-state index is 11.5. The van der Waals surface area contributed by atoms with E-state index in [0.717, 1.165) is 6.42 Å². The average Bonchev–Trinajstić information content (AvgIpc) is 2.44. The predicted molar refractivity (Wildman–Crippen MR) is 73.6 cm³/mol. The first kappa shape index (κ1) is 14.8. The minimum Gasteiger partial charge on any atom is -0.500 e. The van der Waals surface area contributed by atoms with E-state index in [4.69, 9.17) is 4.74 Å². The van der Waals surface area contributed by atoms with Crippen molar-refractivity contribution >= 4 is 17.5 Å². The summed E-state index contributed by atoms with van der Waals surface area (Å²) in [5.41, 5.74) is 1.77. The fourth-order valence-corrected chi connectivity index (χ4v) is 1.40. The van der Waals surface area contributed by atoms with Crippen LogP contribution >= 0.6 is 0 Å². The highest BCUT2D eigenvalue weighted by atomic mass is 16.5. The molecule has 102 valence electrons. The smallest absolute Gasteiger partial charge is 0.313 e. The second kappa shape index (κ2) is 7.92. The van der Waals surface area contributed by atoms with Crippen molar-refractivity contribution in [2.45, 2.75) is 13.3 Å². The van der Waals surface area contributed by atoms with Gasteiger partial charge in [-0.05, 0) is 24.1 Å². The quantitative estimate of drug-likeness (QED) is 0.463. The number of rotatable bonds is 6. The van der Waals surface area contributed by atoms with E-state index < -0.39 is 11.8 Å². The average molecular weight is 262 g/mol. The van der Waals surface area contributed by atoms with Crippen molar-refractivity contribution in [2.75, 3.05) is 18.5 Å². The molecule has 0 aliphatic rings. The van der Waals surface area contributed by atoms with Gasteiger partial charge in [-0.2, -0.15) is 0 Å².